The molecule has 0 saturated carbocycles. The van der Waals surface area contributed by atoms with Crippen molar-refractivity contribution in [3.05, 3.63) is 35.9 Å². The molecule has 0 spiro atoms. The lowest BCUT2D eigenvalue weighted by molar-refractivity contribution is -0.142. The third kappa shape index (κ3) is 4.29. The van der Waals surface area contributed by atoms with Crippen molar-refractivity contribution in [2.24, 2.45) is 5.92 Å². The third-order valence-electron chi connectivity index (χ3n) is 3.49. The van der Waals surface area contributed by atoms with Crippen LogP contribution in [0, 0.1) is 5.92 Å². The average molecular weight is 311 g/mol. The number of carbonyl (C=O) groups is 2. The van der Waals surface area contributed by atoms with E-state index in [1.54, 1.807) is 30.3 Å². The summed E-state index contributed by atoms with van der Waals surface area (Å²) in [5.74, 6) is -1.70. The van der Waals surface area contributed by atoms with Crippen LogP contribution in [-0.2, 0) is 19.4 Å². The molecule has 1 aromatic carbocycles. The molecule has 0 radical (unpaired) electrons. The number of carbonyl (C=O) groups excluding carboxylic acids is 1. The Balaban J connectivity index is 1.98. The summed E-state index contributed by atoms with van der Waals surface area (Å²) in [6.07, 6.45) is 0.495. The number of hydrogen-bond acceptors (Lipinski definition) is 4. The summed E-state index contributed by atoms with van der Waals surface area (Å²) in [5.41, 5.74) is 0.484. The average Bonchev–Trinajstić information content (AvgIpc) is 2.76. The minimum atomic E-state index is -3.03. The summed E-state index contributed by atoms with van der Waals surface area (Å²) in [6, 6.07) is 7.28. The van der Waals surface area contributed by atoms with Gasteiger partial charge in [-0.2, -0.15) is 0 Å². The second-order valence-electron chi connectivity index (χ2n) is 5.22. The Kier molecular flexibility index (Phi) is 4.62. The van der Waals surface area contributed by atoms with Gasteiger partial charge in [0.2, 0.25) is 5.91 Å². The van der Waals surface area contributed by atoms with Gasteiger partial charge in [-0.1, -0.05) is 30.3 Å². The van der Waals surface area contributed by atoms with Gasteiger partial charge >= 0.3 is 5.97 Å². The highest BCUT2D eigenvalue weighted by atomic mass is 32.2. The number of sulfone groups is 1. The molecule has 1 aliphatic rings. The number of carboxylic acid groups (broad SMARTS) is 1. The summed E-state index contributed by atoms with van der Waals surface area (Å²) in [7, 11) is -3.03. The van der Waals surface area contributed by atoms with Gasteiger partial charge in [0.05, 0.1) is 11.5 Å². The predicted molar refractivity (Wildman–Crippen MR) is 76.3 cm³/mol. The lowest BCUT2D eigenvalue weighted by Crippen LogP contribution is -2.34. The van der Waals surface area contributed by atoms with E-state index in [1.807, 2.05) is 0 Å². The maximum absolute atomic E-state index is 11.9. The fraction of sp³-hybridized carbons (Fsp3) is 0.429. The summed E-state index contributed by atoms with van der Waals surface area (Å²) in [5, 5.41) is 11.7. The lowest BCUT2D eigenvalue weighted by Gasteiger charge is -2.16. The van der Waals surface area contributed by atoms with Gasteiger partial charge in [-0.15, -0.1) is 0 Å². The molecule has 0 aliphatic carbocycles. The number of carboxylic acids is 1. The first kappa shape index (κ1) is 15.5. The van der Waals surface area contributed by atoms with Crippen molar-refractivity contribution in [3.63, 3.8) is 0 Å². The standard InChI is InChI=1S/C14H17NO5S/c16-12(8-10-6-7-21(19,20)9-10)15-13(14(17)18)11-4-2-1-3-5-11/h1-5,10,13H,6-9H2,(H,15,16)(H,17,18)/t10?,13-/m1/s1. The van der Waals surface area contributed by atoms with E-state index in [0.717, 1.165) is 0 Å². The minimum Gasteiger partial charge on any atom is -0.479 e. The molecule has 0 aromatic heterocycles. The summed E-state index contributed by atoms with van der Waals surface area (Å²) < 4.78 is 22.7. The monoisotopic (exact) mass is 311 g/mol. The molecule has 1 amide bonds. The zero-order valence-corrected chi connectivity index (χ0v) is 12.2. The topological polar surface area (TPSA) is 101 Å². The van der Waals surface area contributed by atoms with Crippen LogP contribution in [0.1, 0.15) is 24.4 Å². The molecule has 1 saturated heterocycles. The second kappa shape index (κ2) is 6.26. The van der Waals surface area contributed by atoms with Crippen LogP contribution in [0.2, 0.25) is 0 Å². The largest absolute Gasteiger partial charge is 0.479 e. The van der Waals surface area contributed by atoms with Crippen molar-refractivity contribution in [1.29, 1.82) is 0 Å². The van der Waals surface area contributed by atoms with Crippen LogP contribution in [0.15, 0.2) is 30.3 Å². The van der Waals surface area contributed by atoms with Crippen molar-refractivity contribution in [3.8, 4) is 0 Å². The summed E-state index contributed by atoms with van der Waals surface area (Å²) in [6.45, 7) is 0. The third-order valence-corrected chi connectivity index (χ3v) is 5.32. The highest BCUT2D eigenvalue weighted by molar-refractivity contribution is 7.91. The Morgan fingerprint density at radius 2 is 1.95 bits per heavy atom. The van der Waals surface area contributed by atoms with Gasteiger partial charge in [0.1, 0.15) is 0 Å². The fourth-order valence-electron chi connectivity index (χ4n) is 2.45. The molecular formula is C14H17NO5S. The van der Waals surface area contributed by atoms with Crippen molar-refractivity contribution in [2.75, 3.05) is 11.5 Å². The van der Waals surface area contributed by atoms with Crippen LogP contribution in [0.3, 0.4) is 0 Å². The Morgan fingerprint density at radius 3 is 2.48 bits per heavy atom. The molecule has 0 bridgehead atoms. The summed E-state index contributed by atoms with van der Waals surface area (Å²) >= 11 is 0. The quantitative estimate of drug-likeness (QED) is 0.836. The number of aliphatic carboxylic acids is 1. The SMILES string of the molecule is O=C(CC1CCS(=O)(=O)C1)N[C@@H](C(=O)O)c1ccccc1. The van der Waals surface area contributed by atoms with Gasteiger partial charge < -0.3 is 10.4 Å². The lowest BCUT2D eigenvalue weighted by atomic mass is 10.0. The molecule has 1 heterocycles. The molecule has 1 unspecified atom stereocenters. The number of nitrogens with one attached hydrogen (secondary N) is 1. The smallest absolute Gasteiger partial charge is 0.330 e. The molecule has 2 rings (SSSR count). The van der Waals surface area contributed by atoms with Gasteiger partial charge in [0.25, 0.3) is 0 Å². The van der Waals surface area contributed by atoms with E-state index in [2.05, 4.69) is 5.32 Å². The van der Waals surface area contributed by atoms with Crippen LogP contribution < -0.4 is 5.32 Å². The van der Waals surface area contributed by atoms with Crippen LogP contribution in [0.5, 0.6) is 0 Å². The zero-order chi connectivity index (χ0) is 15.5. The Labute approximate surface area is 123 Å². The first-order chi connectivity index (χ1) is 9.87. The van der Waals surface area contributed by atoms with E-state index in [-0.39, 0.29) is 23.8 Å². The molecule has 1 aromatic rings. The molecular weight excluding hydrogens is 294 g/mol. The van der Waals surface area contributed by atoms with E-state index in [1.165, 1.54) is 0 Å². The van der Waals surface area contributed by atoms with E-state index in [9.17, 15) is 23.1 Å². The molecule has 2 atom stereocenters. The van der Waals surface area contributed by atoms with Gasteiger partial charge in [-0.3, -0.25) is 4.79 Å². The molecule has 2 N–H and O–H groups in total. The second-order valence-corrected chi connectivity index (χ2v) is 7.45. The molecule has 114 valence electrons. The van der Waals surface area contributed by atoms with Gasteiger partial charge in [-0.25, -0.2) is 13.2 Å². The molecule has 1 fully saturated rings. The maximum Gasteiger partial charge on any atom is 0.330 e. The molecule has 21 heavy (non-hydrogen) atoms. The highest BCUT2D eigenvalue weighted by Crippen LogP contribution is 2.22. The van der Waals surface area contributed by atoms with Crippen molar-refractivity contribution in [1.82, 2.24) is 5.32 Å². The van der Waals surface area contributed by atoms with Crippen LogP contribution in [0.25, 0.3) is 0 Å². The van der Waals surface area contributed by atoms with E-state index < -0.39 is 27.8 Å². The number of benzene rings is 1. The van der Waals surface area contributed by atoms with Crippen molar-refractivity contribution in [2.45, 2.75) is 18.9 Å². The molecule has 6 nitrogen and oxygen atoms in total. The van der Waals surface area contributed by atoms with Crippen LogP contribution >= 0.6 is 0 Å². The zero-order valence-electron chi connectivity index (χ0n) is 11.4. The minimum absolute atomic E-state index is 0.00347. The van der Waals surface area contributed by atoms with Crippen molar-refractivity contribution < 1.29 is 23.1 Å². The molecule has 1 aliphatic heterocycles. The first-order valence-corrected chi connectivity index (χ1v) is 8.47. The van der Waals surface area contributed by atoms with Crippen LogP contribution in [0.4, 0.5) is 0 Å². The highest BCUT2D eigenvalue weighted by Gasteiger charge is 2.30. The first-order valence-electron chi connectivity index (χ1n) is 6.65. The van der Waals surface area contributed by atoms with E-state index in [0.29, 0.717) is 12.0 Å². The van der Waals surface area contributed by atoms with Gasteiger partial charge in [-0.05, 0) is 17.9 Å². The van der Waals surface area contributed by atoms with Gasteiger partial charge in [0, 0.05) is 6.42 Å². The maximum atomic E-state index is 11.9. The number of amides is 1. The number of hydrogen-bond donors (Lipinski definition) is 2. The van der Waals surface area contributed by atoms with E-state index in [4.69, 9.17) is 0 Å². The Morgan fingerprint density at radius 1 is 1.29 bits per heavy atom. The fourth-order valence-corrected chi connectivity index (χ4v) is 4.31. The Hall–Kier alpha value is -1.89. The Bertz CT molecular complexity index is 626. The number of rotatable bonds is 5. The van der Waals surface area contributed by atoms with Crippen molar-refractivity contribution >= 4 is 21.7 Å². The van der Waals surface area contributed by atoms with E-state index >= 15 is 0 Å². The summed E-state index contributed by atoms with van der Waals surface area (Å²) in [4.78, 5) is 23.2. The predicted octanol–water partition coefficient (Wildman–Crippen LogP) is 0.753. The van der Waals surface area contributed by atoms with Crippen LogP contribution in [-0.4, -0.2) is 36.9 Å². The molecule has 7 heteroatoms. The normalized spacial score (nSPS) is 21.6. The van der Waals surface area contributed by atoms with Gasteiger partial charge in [0.15, 0.2) is 15.9 Å².